The van der Waals surface area contributed by atoms with Gasteiger partial charge in [0.25, 0.3) is 5.91 Å². The van der Waals surface area contributed by atoms with E-state index in [0.717, 1.165) is 15.4 Å². The molecule has 1 aromatic carbocycles. The van der Waals surface area contributed by atoms with E-state index < -0.39 is 5.60 Å². The first-order valence-corrected chi connectivity index (χ1v) is 9.50. The highest BCUT2D eigenvalue weighted by molar-refractivity contribution is 9.10. The summed E-state index contributed by atoms with van der Waals surface area (Å²) in [7, 11) is 0. The van der Waals surface area contributed by atoms with Crippen LogP contribution in [-0.2, 0) is 4.74 Å². The Balaban J connectivity index is 1.70. The molecule has 3 rings (SSSR count). The number of piperazine rings is 1. The van der Waals surface area contributed by atoms with Crippen LogP contribution in [0.5, 0.6) is 0 Å². The molecule has 1 aliphatic heterocycles. The molecule has 140 valence electrons. The topological polar surface area (TPSA) is 65.6 Å². The Bertz CT molecular complexity index is 840. The van der Waals surface area contributed by atoms with Crippen molar-refractivity contribution in [1.29, 1.82) is 0 Å². The Morgan fingerprint density at radius 3 is 2.62 bits per heavy atom. The molecule has 2 heterocycles. The monoisotopic (exact) mass is 421 g/mol. The zero-order chi connectivity index (χ0) is 19.1. The van der Waals surface area contributed by atoms with Crippen LogP contribution in [0.15, 0.2) is 28.7 Å². The predicted molar refractivity (Wildman–Crippen MR) is 104 cm³/mol. The molecule has 1 saturated heterocycles. The van der Waals surface area contributed by atoms with E-state index in [1.165, 1.54) is 0 Å². The van der Waals surface area contributed by atoms with Crippen LogP contribution in [0, 0.1) is 0 Å². The fourth-order valence-corrected chi connectivity index (χ4v) is 3.50. The van der Waals surface area contributed by atoms with Gasteiger partial charge in [0.1, 0.15) is 11.3 Å². The highest BCUT2D eigenvalue weighted by Crippen LogP contribution is 2.23. The van der Waals surface area contributed by atoms with Gasteiger partial charge in [-0.25, -0.2) is 4.79 Å². The quantitative estimate of drug-likeness (QED) is 0.755. The molecule has 1 fully saturated rings. The number of aromatic nitrogens is 1. The third kappa shape index (κ3) is 4.03. The van der Waals surface area contributed by atoms with E-state index in [1.54, 1.807) is 9.80 Å². The number of rotatable bonds is 1. The van der Waals surface area contributed by atoms with Gasteiger partial charge in [0.2, 0.25) is 0 Å². The summed E-state index contributed by atoms with van der Waals surface area (Å²) >= 11 is 3.45. The lowest BCUT2D eigenvalue weighted by Crippen LogP contribution is -2.56. The van der Waals surface area contributed by atoms with E-state index in [4.69, 9.17) is 4.74 Å². The first kappa shape index (κ1) is 18.8. The molecule has 0 saturated carbocycles. The zero-order valence-electron chi connectivity index (χ0n) is 15.5. The predicted octanol–water partition coefficient (Wildman–Crippen LogP) is 4.01. The first-order valence-electron chi connectivity index (χ1n) is 8.71. The van der Waals surface area contributed by atoms with Crippen LogP contribution in [0.1, 0.15) is 38.2 Å². The molecule has 0 bridgehead atoms. The van der Waals surface area contributed by atoms with E-state index in [2.05, 4.69) is 20.9 Å². The van der Waals surface area contributed by atoms with Crippen molar-refractivity contribution in [2.24, 2.45) is 0 Å². The Hall–Kier alpha value is -2.02. The first-order chi connectivity index (χ1) is 12.1. The van der Waals surface area contributed by atoms with Gasteiger partial charge in [-0.2, -0.15) is 0 Å². The molecule has 1 N–H and O–H groups in total. The molecule has 0 unspecified atom stereocenters. The maximum Gasteiger partial charge on any atom is 0.410 e. The van der Waals surface area contributed by atoms with Crippen LogP contribution >= 0.6 is 15.9 Å². The lowest BCUT2D eigenvalue weighted by molar-refractivity contribution is 0.00608. The smallest absolute Gasteiger partial charge is 0.410 e. The van der Waals surface area contributed by atoms with Crippen molar-refractivity contribution >= 4 is 38.8 Å². The van der Waals surface area contributed by atoms with Crippen molar-refractivity contribution in [3.05, 3.63) is 34.4 Å². The summed E-state index contributed by atoms with van der Waals surface area (Å²) in [5.41, 5.74) is 0.971. The molecule has 0 radical (unpaired) electrons. The molecular formula is C19H24BrN3O3. The maximum atomic E-state index is 12.9. The molecule has 7 heteroatoms. The lowest BCUT2D eigenvalue weighted by Gasteiger charge is -2.40. The SMILES string of the molecule is C[C@H]1CN(C(=O)OC(C)(C)C)CCN1C(=O)c1cc2cc(Br)ccc2[nH]1. The maximum absolute atomic E-state index is 12.9. The van der Waals surface area contributed by atoms with Gasteiger partial charge >= 0.3 is 6.09 Å². The summed E-state index contributed by atoms with van der Waals surface area (Å²) < 4.78 is 6.40. The number of amides is 2. The number of halogens is 1. The van der Waals surface area contributed by atoms with Gasteiger partial charge in [-0.05, 0) is 52.0 Å². The summed E-state index contributed by atoms with van der Waals surface area (Å²) in [6, 6.07) is 7.65. The number of H-pyrrole nitrogens is 1. The Morgan fingerprint density at radius 2 is 1.96 bits per heavy atom. The van der Waals surface area contributed by atoms with E-state index in [-0.39, 0.29) is 18.0 Å². The Kier molecular flexibility index (Phi) is 5.01. The highest BCUT2D eigenvalue weighted by Gasteiger charge is 2.32. The second-order valence-electron chi connectivity index (χ2n) is 7.69. The number of hydrogen-bond donors (Lipinski definition) is 1. The molecular weight excluding hydrogens is 398 g/mol. The number of nitrogens with one attached hydrogen (secondary N) is 1. The fourth-order valence-electron chi connectivity index (χ4n) is 3.13. The van der Waals surface area contributed by atoms with Gasteiger partial charge in [0.15, 0.2) is 0 Å². The third-order valence-electron chi connectivity index (χ3n) is 4.35. The summed E-state index contributed by atoms with van der Waals surface area (Å²) in [5.74, 6) is -0.0475. The molecule has 0 aliphatic carbocycles. The number of benzene rings is 1. The molecule has 1 aromatic heterocycles. The third-order valence-corrected chi connectivity index (χ3v) is 4.85. The van der Waals surface area contributed by atoms with Crippen LogP contribution in [0.2, 0.25) is 0 Å². The molecule has 2 amide bonds. The van der Waals surface area contributed by atoms with E-state index in [0.29, 0.717) is 25.3 Å². The van der Waals surface area contributed by atoms with Crippen molar-refractivity contribution in [1.82, 2.24) is 14.8 Å². The Morgan fingerprint density at radius 1 is 1.23 bits per heavy atom. The minimum Gasteiger partial charge on any atom is -0.444 e. The van der Waals surface area contributed by atoms with Gasteiger partial charge in [-0.1, -0.05) is 15.9 Å². The largest absolute Gasteiger partial charge is 0.444 e. The van der Waals surface area contributed by atoms with Gasteiger partial charge in [-0.3, -0.25) is 4.79 Å². The lowest BCUT2D eigenvalue weighted by atomic mass is 10.1. The normalized spacial score (nSPS) is 18.3. The van der Waals surface area contributed by atoms with E-state index >= 15 is 0 Å². The number of aromatic amines is 1. The summed E-state index contributed by atoms with van der Waals surface area (Å²) in [5, 5.41) is 0.989. The highest BCUT2D eigenvalue weighted by atomic mass is 79.9. The number of carbonyl (C=O) groups is 2. The summed E-state index contributed by atoms with van der Waals surface area (Å²) in [4.78, 5) is 31.8. The number of ether oxygens (including phenoxy) is 1. The Labute approximate surface area is 161 Å². The summed E-state index contributed by atoms with van der Waals surface area (Å²) in [6.45, 7) is 8.92. The number of nitrogens with zero attached hydrogens (tertiary/aromatic N) is 2. The van der Waals surface area contributed by atoms with E-state index in [9.17, 15) is 9.59 Å². The van der Waals surface area contributed by atoms with Crippen molar-refractivity contribution in [3.63, 3.8) is 0 Å². The number of hydrogen-bond acceptors (Lipinski definition) is 3. The van der Waals surface area contributed by atoms with Crippen LogP contribution in [0.3, 0.4) is 0 Å². The van der Waals surface area contributed by atoms with Gasteiger partial charge < -0.3 is 19.5 Å². The minimum atomic E-state index is -0.522. The van der Waals surface area contributed by atoms with Crippen LogP contribution in [0.4, 0.5) is 4.79 Å². The molecule has 1 atom stereocenters. The van der Waals surface area contributed by atoms with Crippen molar-refractivity contribution < 1.29 is 14.3 Å². The van der Waals surface area contributed by atoms with Crippen LogP contribution in [-0.4, -0.2) is 58.1 Å². The van der Waals surface area contributed by atoms with Crippen LogP contribution in [0.25, 0.3) is 10.9 Å². The number of fused-ring (bicyclic) bond motifs is 1. The molecule has 6 nitrogen and oxygen atoms in total. The van der Waals surface area contributed by atoms with E-state index in [1.807, 2.05) is 52.0 Å². The average Bonchev–Trinajstić information content (AvgIpc) is 2.95. The average molecular weight is 422 g/mol. The summed E-state index contributed by atoms with van der Waals surface area (Å²) in [6.07, 6.45) is -0.327. The second-order valence-corrected chi connectivity index (χ2v) is 8.60. The van der Waals surface area contributed by atoms with Crippen molar-refractivity contribution in [2.75, 3.05) is 19.6 Å². The number of carbonyl (C=O) groups excluding carboxylic acids is 2. The molecule has 1 aliphatic rings. The molecule has 0 spiro atoms. The van der Waals surface area contributed by atoms with Crippen LogP contribution < -0.4 is 0 Å². The van der Waals surface area contributed by atoms with Gasteiger partial charge in [-0.15, -0.1) is 0 Å². The zero-order valence-corrected chi connectivity index (χ0v) is 17.1. The standard InChI is InChI=1S/C19H24BrN3O3/c1-12-11-22(18(25)26-19(2,3)4)7-8-23(12)17(24)16-10-13-9-14(20)5-6-15(13)21-16/h5-6,9-10,12,21H,7-8,11H2,1-4H3/t12-/m0/s1. The van der Waals surface area contributed by atoms with Gasteiger partial charge in [0.05, 0.1) is 0 Å². The second kappa shape index (κ2) is 6.95. The molecule has 2 aromatic rings. The van der Waals surface area contributed by atoms with Crippen molar-refractivity contribution in [2.45, 2.75) is 39.3 Å². The fraction of sp³-hybridized carbons (Fsp3) is 0.474. The van der Waals surface area contributed by atoms with Gasteiger partial charge in [0, 0.05) is 41.1 Å². The van der Waals surface area contributed by atoms with Crippen molar-refractivity contribution in [3.8, 4) is 0 Å². The molecule has 26 heavy (non-hydrogen) atoms. The minimum absolute atomic E-state index is 0.0475.